The highest BCUT2D eigenvalue weighted by Gasteiger charge is 2.11. The Kier molecular flexibility index (Phi) is 6.32. The Morgan fingerprint density at radius 3 is 2.52 bits per heavy atom. The second kappa shape index (κ2) is 8.24. The molecular weight excluding hydrogens is 332 g/mol. The predicted molar refractivity (Wildman–Crippen MR) is 92.8 cm³/mol. The van der Waals surface area contributed by atoms with E-state index >= 15 is 0 Å². The van der Waals surface area contributed by atoms with E-state index in [1.54, 1.807) is 11.3 Å². The lowest BCUT2D eigenvalue weighted by molar-refractivity contribution is -0.120. The Balaban J connectivity index is 1.70. The first-order valence-electron chi connectivity index (χ1n) is 7.28. The topological polar surface area (TPSA) is 75.3 Å². The van der Waals surface area contributed by atoms with Gasteiger partial charge in [0, 0.05) is 22.8 Å². The highest BCUT2D eigenvalue weighted by Crippen LogP contribution is 2.15. The quantitative estimate of drug-likeness (QED) is 0.761. The van der Waals surface area contributed by atoms with E-state index in [1.807, 2.05) is 49.4 Å². The molecule has 23 heavy (non-hydrogen) atoms. The van der Waals surface area contributed by atoms with Gasteiger partial charge in [0.25, 0.3) is 0 Å². The van der Waals surface area contributed by atoms with Crippen LogP contribution in [0.4, 0.5) is 0 Å². The van der Waals surface area contributed by atoms with Gasteiger partial charge in [0.15, 0.2) is 0 Å². The van der Waals surface area contributed by atoms with Gasteiger partial charge < -0.3 is 5.32 Å². The first-order chi connectivity index (χ1) is 10.9. The van der Waals surface area contributed by atoms with E-state index in [1.165, 1.54) is 0 Å². The first kappa shape index (κ1) is 17.7. The molecular formula is C16H20N2O3S2. The summed E-state index contributed by atoms with van der Waals surface area (Å²) in [5.41, 5.74) is 0.896. The van der Waals surface area contributed by atoms with E-state index in [-0.39, 0.29) is 31.2 Å². The van der Waals surface area contributed by atoms with Crippen molar-refractivity contribution in [3.05, 3.63) is 57.8 Å². The van der Waals surface area contributed by atoms with Gasteiger partial charge >= 0.3 is 0 Å². The summed E-state index contributed by atoms with van der Waals surface area (Å²) in [7, 11) is -3.41. The van der Waals surface area contributed by atoms with Crippen LogP contribution >= 0.6 is 11.3 Å². The summed E-state index contributed by atoms with van der Waals surface area (Å²) >= 11 is 1.57. The van der Waals surface area contributed by atoms with E-state index in [4.69, 9.17) is 0 Å². The fourth-order valence-electron chi connectivity index (χ4n) is 1.99. The van der Waals surface area contributed by atoms with Gasteiger partial charge in [-0.1, -0.05) is 30.3 Å². The second-order valence-corrected chi connectivity index (χ2v) is 8.46. The number of rotatable bonds is 8. The molecule has 7 heteroatoms. The largest absolute Gasteiger partial charge is 0.355 e. The van der Waals surface area contributed by atoms with Crippen molar-refractivity contribution in [2.75, 3.05) is 12.3 Å². The van der Waals surface area contributed by atoms with Crippen molar-refractivity contribution in [1.29, 1.82) is 0 Å². The molecule has 0 atom stereocenters. The average molecular weight is 352 g/mol. The number of hydrogen-bond donors (Lipinski definition) is 2. The first-order valence-corrected chi connectivity index (χ1v) is 9.75. The maximum absolute atomic E-state index is 11.9. The average Bonchev–Trinajstić information content (AvgIpc) is 2.91. The SMILES string of the molecule is Cc1ccc(CC(=O)NCCS(=O)(=O)NCc2ccccc2)s1. The molecule has 0 saturated heterocycles. The fourth-order valence-corrected chi connectivity index (χ4v) is 3.78. The number of sulfonamides is 1. The van der Waals surface area contributed by atoms with Crippen molar-refractivity contribution in [3.63, 3.8) is 0 Å². The summed E-state index contributed by atoms with van der Waals surface area (Å²) in [4.78, 5) is 13.9. The summed E-state index contributed by atoms with van der Waals surface area (Å²) in [5, 5.41) is 2.64. The minimum atomic E-state index is -3.41. The summed E-state index contributed by atoms with van der Waals surface area (Å²) < 4.78 is 26.3. The fraction of sp³-hybridized carbons (Fsp3) is 0.312. The molecule has 2 N–H and O–H groups in total. The van der Waals surface area contributed by atoms with Crippen LogP contribution in [0.15, 0.2) is 42.5 Å². The molecule has 0 saturated carbocycles. The predicted octanol–water partition coefficient (Wildman–Crippen LogP) is 1.83. The lowest BCUT2D eigenvalue weighted by Crippen LogP contribution is -2.34. The third kappa shape index (κ3) is 6.52. The molecule has 0 aliphatic carbocycles. The molecule has 0 radical (unpaired) electrons. The molecule has 0 aliphatic heterocycles. The van der Waals surface area contributed by atoms with Gasteiger partial charge in [0.1, 0.15) is 0 Å². The summed E-state index contributed by atoms with van der Waals surface area (Å²) in [6, 6.07) is 13.2. The summed E-state index contributed by atoms with van der Waals surface area (Å²) in [6.45, 7) is 2.34. The lowest BCUT2D eigenvalue weighted by Gasteiger charge is -2.08. The maximum atomic E-state index is 11.9. The molecule has 1 aromatic heterocycles. The number of benzene rings is 1. The second-order valence-electron chi connectivity index (χ2n) is 5.16. The Hall–Kier alpha value is -1.70. The lowest BCUT2D eigenvalue weighted by atomic mass is 10.2. The molecule has 1 heterocycles. The zero-order valence-electron chi connectivity index (χ0n) is 12.9. The van der Waals surface area contributed by atoms with Crippen LogP contribution in [0.1, 0.15) is 15.3 Å². The van der Waals surface area contributed by atoms with Gasteiger partial charge in [0.2, 0.25) is 15.9 Å². The molecule has 1 amide bonds. The van der Waals surface area contributed by atoms with Crippen molar-refractivity contribution >= 4 is 27.3 Å². The van der Waals surface area contributed by atoms with Crippen molar-refractivity contribution in [3.8, 4) is 0 Å². The van der Waals surface area contributed by atoms with Crippen LogP contribution in [0.3, 0.4) is 0 Å². The highest BCUT2D eigenvalue weighted by molar-refractivity contribution is 7.89. The minimum absolute atomic E-state index is 0.104. The molecule has 1 aromatic carbocycles. The maximum Gasteiger partial charge on any atom is 0.225 e. The number of carbonyl (C=O) groups is 1. The Morgan fingerprint density at radius 1 is 1.13 bits per heavy atom. The number of carbonyl (C=O) groups excluding carboxylic acids is 1. The zero-order chi connectivity index (χ0) is 16.7. The molecule has 2 rings (SSSR count). The molecule has 2 aromatic rings. The molecule has 0 fully saturated rings. The van der Waals surface area contributed by atoms with Gasteiger partial charge in [-0.3, -0.25) is 4.79 Å². The Bertz CT molecular complexity index is 740. The van der Waals surface area contributed by atoms with Crippen LogP contribution in [0.5, 0.6) is 0 Å². The summed E-state index contributed by atoms with van der Waals surface area (Å²) in [5.74, 6) is -0.292. The number of hydrogen-bond acceptors (Lipinski definition) is 4. The third-order valence-corrected chi connectivity index (χ3v) is 5.49. The molecule has 0 unspecified atom stereocenters. The smallest absolute Gasteiger partial charge is 0.225 e. The van der Waals surface area contributed by atoms with Gasteiger partial charge in [-0.15, -0.1) is 11.3 Å². The number of aryl methyl sites for hydroxylation is 1. The van der Waals surface area contributed by atoms with Crippen LogP contribution in [0.25, 0.3) is 0 Å². The molecule has 0 spiro atoms. The van der Waals surface area contributed by atoms with Gasteiger partial charge in [-0.05, 0) is 24.6 Å². The van der Waals surface area contributed by atoms with E-state index in [9.17, 15) is 13.2 Å². The monoisotopic (exact) mass is 352 g/mol. The molecule has 5 nitrogen and oxygen atoms in total. The van der Waals surface area contributed by atoms with Crippen LogP contribution in [-0.2, 0) is 27.8 Å². The Morgan fingerprint density at radius 2 is 1.87 bits per heavy atom. The molecule has 124 valence electrons. The van der Waals surface area contributed by atoms with Crippen LogP contribution in [-0.4, -0.2) is 26.6 Å². The van der Waals surface area contributed by atoms with Gasteiger partial charge in [0.05, 0.1) is 12.2 Å². The standard InChI is InChI=1S/C16H20N2O3S2/c1-13-7-8-15(22-13)11-16(19)17-9-10-23(20,21)18-12-14-5-3-2-4-6-14/h2-8,18H,9-12H2,1H3,(H,17,19). The zero-order valence-corrected chi connectivity index (χ0v) is 14.5. The van der Waals surface area contributed by atoms with E-state index in [2.05, 4.69) is 10.0 Å². The van der Waals surface area contributed by atoms with Crippen molar-refractivity contribution < 1.29 is 13.2 Å². The van der Waals surface area contributed by atoms with E-state index in [0.29, 0.717) is 0 Å². The van der Waals surface area contributed by atoms with Crippen molar-refractivity contribution in [1.82, 2.24) is 10.0 Å². The van der Waals surface area contributed by atoms with Crippen molar-refractivity contribution in [2.24, 2.45) is 0 Å². The van der Waals surface area contributed by atoms with Gasteiger partial charge in [-0.25, -0.2) is 13.1 Å². The van der Waals surface area contributed by atoms with E-state index in [0.717, 1.165) is 15.3 Å². The minimum Gasteiger partial charge on any atom is -0.355 e. The number of thiophene rings is 1. The molecule has 0 aliphatic rings. The summed E-state index contributed by atoms with van der Waals surface area (Å²) in [6.07, 6.45) is 0.288. The Labute approximate surface area is 140 Å². The number of nitrogens with one attached hydrogen (secondary N) is 2. The van der Waals surface area contributed by atoms with Crippen LogP contribution in [0, 0.1) is 6.92 Å². The van der Waals surface area contributed by atoms with E-state index < -0.39 is 10.0 Å². The van der Waals surface area contributed by atoms with Gasteiger partial charge in [-0.2, -0.15) is 0 Å². The van der Waals surface area contributed by atoms with Crippen LogP contribution < -0.4 is 10.0 Å². The number of amides is 1. The highest BCUT2D eigenvalue weighted by atomic mass is 32.2. The molecule has 0 bridgehead atoms. The normalized spacial score (nSPS) is 11.3. The third-order valence-electron chi connectivity index (χ3n) is 3.16. The van der Waals surface area contributed by atoms with Crippen LogP contribution in [0.2, 0.25) is 0 Å². The van der Waals surface area contributed by atoms with Crippen molar-refractivity contribution in [2.45, 2.75) is 19.9 Å².